The molecule has 0 aromatic carbocycles. The number of allylic oxidation sites excluding steroid dienone is 1. The quantitative estimate of drug-likeness (QED) is 0.0366. The summed E-state index contributed by atoms with van der Waals surface area (Å²) in [6.45, 7) is 4.25. The highest BCUT2D eigenvalue weighted by atomic mass is 16.3. The summed E-state index contributed by atoms with van der Waals surface area (Å²) in [6, 6.07) is -0.740. The van der Waals surface area contributed by atoms with Crippen LogP contribution in [0.25, 0.3) is 0 Å². The Morgan fingerprint density at radius 2 is 0.745 bits per heavy atom. The molecule has 0 fully saturated rings. The highest BCUT2D eigenvalue weighted by Crippen LogP contribution is 2.17. The number of aliphatic hydroxyl groups is 3. The first kappa shape index (κ1) is 54.1. The van der Waals surface area contributed by atoms with Gasteiger partial charge in [0.25, 0.3) is 0 Å². The van der Waals surface area contributed by atoms with Gasteiger partial charge in [0.05, 0.1) is 31.3 Å². The minimum absolute atomic E-state index is 0.0192. The topological polar surface area (TPSA) is 89.8 Å². The summed E-state index contributed by atoms with van der Waals surface area (Å²) in [7, 11) is 0. The molecular formula is C50H99NO4. The smallest absolute Gasteiger partial charge is 0.222 e. The van der Waals surface area contributed by atoms with Crippen LogP contribution in [0.5, 0.6) is 0 Å². The molecule has 55 heavy (non-hydrogen) atoms. The van der Waals surface area contributed by atoms with E-state index in [1.165, 1.54) is 225 Å². The van der Waals surface area contributed by atoms with Crippen molar-refractivity contribution in [3.05, 3.63) is 12.2 Å². The molecule has 0 heterocycles. The van der Waals surface area contributed by atoms with E-state index in [9.17, 15) is 20.1 Å². The van der Waals surface area contributed by atoms with Gasteiger partial charge in [-0.2, -0.15) is 0 Å². The van der Waals surface area contributed by atoms with Crippen LogP contribution in [0.4, 0.5) is 0 Å². The SMILES string of the molecule is CCCCCCCCCCCCCCCCCCCC/C=C/C(O)C(CO)NC(=O)CC(O)CCCCCCCCCCCCCCCCCCCCCC. The lowest BCUT2D eigenvalue weighted by Gasteiger charge is -2.21. The zero-order valence-corrected chi connectivity index (χ0v) is 37.3. The fourth-order valence-electron chi connectivity index (χ4n) is 7.99. The number of carbonyl (C=O) groups is 1. The molecule has 0 spiro atoms. The number of nitrogens with one attached hydrogen (secondary N) is 1. The molecule has 0 saturated carbocycles. The molecule has 1 amide bonds. The van der Waals surface area contributed by atoms with Crippen LogP contribution in [0.3, 0.4) is 0 Å². The van der Waals surface area contributed by atoms with Crippen molar-refractivity contribution in [3.8, 4) is 0 Å². The van der Waals surface area contributed by atoms with Crippen molar-refractivity contribution in [1.29, 1.82) is 0 Å². The Labute approximate surface area is 344 Å². The predicted molar refractivity (Wildman–Crippen MR) is 241 cm³/mol. The van der Waals surface area contributed by atoms with Crippen LogP contribution in [0.15, 0.2) is 12.2 Å². The first-order valence-electron chi connectivity index (χ1n) is 25.0. The summed E-state index contributed by atoms with van der Waals surface area (Å²) in [5.41, 5.74) is 0. The van der Waals surface area contributed by atoms with Gasteiger partial charge in [-0.3, -0.25) is 4.79 Å². The number of rotatable bonds is 46. The second kappa shape index (κ2) is 45.8. The Bertz CT molecular complexity index is 773. The molecule has 0 bridgehead atoms. The van der Waals surface area contributed by atoms with E-state index in [1.54, 1.807) is 6.08 Å². The molecule has 0 aliphatic carbocycles. The molecule has 5 nitrogen and oxygen atoms in total. The molecule has 0 radical (unpaired) electrons. The number of hydrogen-bond acceptors (Lipinski definition) is 4. The van der Waals surface area contributed by atoms with Gasteiger partial charge >= 0.3 is 0 Å². The largest absolute Gasteiger partial charge is 0.394 e. The van der Waals surface area contributed by atoms with Gasteiger partial charge in [0, 0.05) is 0 Å². The van der Waals surface area contributed by atoms with E-state index >= 15 is 0 Å². The third-order valence-electron chi connectivity index (χ3n) is 11.8. The molecule has 0 saturated heterocycles. The fourth-order valence-corrected chi connectivity index (χ4v) is 7.99. The predicted octanol–water partition coefficient (Wildman–Crippen LogP) is 14.8. The van der Waals surface area contributed by atoms with E-state index < -0.39 is 18.2 Å². The molecule has 328 valence electrons. The summed E-state index contributed by atoms with van der Waals surface area (Å²) in [6.07, 6.45) is 55.1. The van der Waals surface area contributed by atoms with Crippen molar-refractivity contribution in [2.45, 2.75) is 295 Å². The average molecular weight is 778 g/mol. The van der Waals surface area contributed by atoms with Crippen molar-refractivity contribution in [3.63, 3.8) is 0 Å². The monoisotopic (exact) mass is 778 g/mol. The van der Waals surface area contributed by atoms with Gasteiger partial charge in [0.15, 0.2) is 0 Å². The van der Waals surface area contributed by atoms with Crippen LogP contribution in [0, 0.1) is 0 Å². The number of aliphatic hydroxyl groups excluding tert-OH is 3. The van der Waals surface area contributed by atoms with Gasteiger partial charge in [-0.1, -0.05) is 264 Å². The van der Waals surface area contributed by atoms with Crippen LogP contribution in [0.2, 0.25) is 0 Å². The van der Waals surface area contributed by atoms with Crippen LogP contribution >= 0.6 is 0 Å². The van der Waals surface area contributed by atoms with Crippen molar-refractivity contribution in [1.82, 2.24) is 5.32 Å². The molecule has 0 aliphatic heterocycles. The summed E-state index contributed by atoms with van der Waals surface area (Å²) in [5, 5.41) is 33.4. The average Bonchev–Trinajstić information content (AvgIpc) is 3.18. The van der Waals surface area contributed by atoms with E-state index in [0.717, 1.165) is 25.7 Å². The maximum Gasteiger partial charge on any atom is 0.222 e. The summed E-state index contributed by atoms with van der Waals surface area (Å²) in [5.74, 6) is -0.310. The van der Waals surface area contributed by atoms with Crippen LogP contribution in [-0.4, -0.2) is 46.1 Å². The normalized spacial score (nSPS) is 13.5. The molecule has 3 atom stereocenters. The Hall–Kier alpha value is -0.910. The molecule has 5 heteroatoms. The van der Waals surface area contributed by atoms with E-state index in [-0.39, 0.29) is 18.9 Å². The minimum atomic E-state index is -0.925. The van der Waals surface area contributed by atoms with E-state index in [4.69, 9.17) is 0 Å². The zero-order valence-electron chi connectivity index (χ0n) is 37.3. The standard InChI is InChI=1S/C50H99NO4/c1-3-5-7-9-11-13-15-17-19-21-23-25-27-29-31-33-35-37-39-41-43-47(53)45-50(55)51-48(46-52)49(54)44-42-40-38-36-34-32-30-28-26-24-22-20-18-16-14-12-10-8-6-4-2/h42,44,47-49,52-54H,3-41,43,45-46H2,1-2H3,(H,51,55)/b44-42+. The van der Waals surface area contributed by atoms with Gasteiger partial charge in [-0.25, -0.2) is 0 Å². The van der Waals surface area contributed by atoms with E-state index in [0.29, 0.717) is 6.42 Å². The minimum Gasteiger partial charge on any atom is -0.394 e. The van der Waals surface area contributed by atoms with Gasteiger partial charge in [0.1, 0.15) is 0 Å². The number of carbonyl (C=O) groups excluding carboxylic acids is 1. The molecule has 0 aromatic heterocycles. The van der Waals surface area contributed by atoms with Gasteiger partial charge < -0.3 is 20.6 Å². The number of hydrogen-bond donors (Lipinski definition) is 4. The number of unbranched alkanes of at least 4 members (excludes halogenated alkanes) is 37. The van der Waals surface area contributed by atoms with E-state index in [1.807, 2.05) is 6.08 Å². The maximum atomic E-state index is 12.5. The van der Waals surface area contributed by atoms with Crippen molar-refractivity contribution < 1.29 is 20.1 Å². The van der Waals surface area contributed by atoms with Crippen molar-refractivity contribution in [2.24, 2.45) is 0 Å². The highest BCUT2D eigenvalue weighted by molar-refractivity contribution is 5.76. The highest BCUT2D eigenvalue weighted by Gasteiger charge is 2.20. The Morgan fingerprint density at radius 1 is 0.455 bits per heavy atom. The Kier molecular flexibility index (Phi) is 45.0. The van der Waals surface area contributed by atoms with Crippen LogP contribution in [-0.2, 0) is 4.79 Å². The molecule has 0 aliphatic rings. The van der Waals surface area contributed by atoms with Crippen molar-refractivity contribution >= 4 is 5.91 Å². The second-order valence-corrected chi connectivity index (χ2v) is 17.4. The van der Waals surface area contributed by atoms with Crippen LogP contribution < -0.4 is 5.32 Å². The third-order valence-corrected chi connectivity index (χ3v) is 11.8. The lowest BCUT2D eigenvalue weighted by Crippen LogP contribution is -2.45. The first-order valence-corrected chi connectivity index (χ1v) is 25.0. The number of amides is 1. The lowest BCUT2D eigenvalue weighted by molar-refractivity contribution is -0.124. The molecular weight excluding hydrogens is 679 g/mol. The Balaban J connectivity index is 3.59. The molecule has 3 unspecified atom stereocenters. The summed E-state index contributed by atoms with van der Waals surface area (Å²) in [4.78, 5) is 12.5. The zero-order chi connectivity index (χ0) is 40.1. The lowest BCUT2D eigenvalue weighted by atomic mass is 10.0. The van der Waals surface area contributed by atoms with E-state index in [2.05, 4.69) is 19.2 Å². The van der Waals surface area contributed by atoms with Gasteiger partial charge in [-0.05, 0) is 19.3 Å². The maximum absolute atomic E-state index is 12.5. The second-order valence-electron chi connectivity index (χ2n) is 17.4. The molecule has 0 aromatic rings. The first-order chi connectivity index (χ1) is 27.0. The van der Waals surface area contributed by atoms with Crippen molar-refractivity contribution in [2.75, 3.05) is 6.61 Å². The van der Waals surface area contributed by atoms with Crippen LogP contribution in [0.1, 0.15) is 277 Å². The van der Waals surface area contributed by atoms with Gasteiger partial charge in [0.2, 0.25) is 5.91 Å². The molecule has 0 rings (SSSR count). The summed E-state index contributed by atoms with van der Waals surface area (Å²) < 4.78 is 0. The van der Waals surface area contributed by atoms with Gasteiger partial charge in [-0.15, -0.1) is 0 Å². The Morgan fingerprint density at radius 3 is 1.05 bits per heavy atom. The molecule has 4 N–H and O–H groups in total. The third kappa shape index (κ3) is 42.5. The summed E-state index contributed by atoms with van der Waals surface area (Å²) >= 11 is 0. The fraction of sp³-hybridized carbons (Fsp3) is 0.940.